The maximum atomic E-state index is 11.1. The molecule has 2 rings (SSSR count). The number of nitrogens with zero attached hydrogens (tertiary/aromatic N) is 1. The van der Waals surface area contributed by atoms with Crippen molar-refractivity contribution in [2.24, 2.45) is 0 Å². The number of Topliss-reactive ketones (excluding diaryl/α,β-unsaturated/α-hetero) is 1. The molecule has 2 aliphatic rings. The van der Waals surface area contributed by atoms with Crippen LogP contribution in [-0.2, 0) is 4.79 Å². The zero-order chi connectivity index (χ0) is 7.84. The molecule has 2 heteroatoms. The van der Waals surface area contributed by atoms with Crippen molar-refractivity contribution in [3.8, 4) is 0 Å². The number of piperidine rings is 1. The van der Waals surface area contributed by atoms with Crippen LogP contribution in [0.2, 0.25) is 0 Å². The number of hydrogen-bond acceptors (Lipinski definition) is 2. The third-order valence-electron chi connectivity index (χ3n) is 2.84. The lowest BCUT2D eigenvalue weighted by Crippen LogP contribution is -2.13. The van der Waals surface area contributed by atoms with Crippen molar-refractivity contribution in [3.05, 3.63) is 0 Å². The molecule has 0 aromatic heterocycles. The highest BCUT2D eigenvalue weighted by atomic mass is 16.1. The molecule has 3 unspecified atom stereocenters. The minimum absolute atomic E-state index is 0.363. The topological polar surface area (TPSA) is 20.1 Å². The molecule has 1 aliphatic heterocycles. The fraction of sp³-hybridized carbons (Fsp3) is 0.889. The minimum Gasteiger partial charge on any atom is -0.298 e. The van der Waals surface area contributed by atoms with Crippen LogP contribution < -0.4 is 0 Å². The van der Waals surface area contributed by atoms with E-state index in [1.165, 1.54) is 12.8 Å². The first-order valence-electron chi connectivity index (χ1n) is 4.63. The Labute approximate surface area is 67.6 Å². The lowest BCUT2D eigenvalue weighted by atomic mass is 10.3. The van der Waals surface area contributed by atoms with Gasteiger partial charge in [-0.25, -0.2) is 0 Å². The predicted octanol–water partition coefficient (Wildman–Crippen LogP) is 1.20. The highest BCUT2D eigenvalue weighted by Crippen LogP contribution is 2.39. The van der Waals surface area contributed by atoms with E-state index >= 15 is 0 Å². The first kappa shape index (κ1) is 7.29. The molecule has 0 amide bonds. The summed E-state index contributed by atoms with van der Waals surface area (Å²) in [6, 6.07) is 1.02. The monoisotopic (exact) mass is 153 g/mol. The number of unbranched alkanes of at least 4 members (excludes halogenated alkanes) is 1. The van der Waals surface area contributed by atoms with Gasteiger partial charge in [0.2, 0.25) is 0 Å². The molecule has 11 heavy (non-hydrogen) atoms. The van der Waals surface area contributed by atoms with Crippen molar-refractivity contribution < 1.29 is 4.79 Å². The summed E-state index contributed by atoms with van der Waals surface area (Å²) in [6.07, 6.45) is 4.47. The molecule has 1 saturated carbocycles. The predicted molar refractivity (Wildman–Crippen MR) is 43.4 cm³/mol. The van der Waals surface area contributed by atoms with Crippen LogP contribution >= 0.6 is 0 Å². The Balaban J connectivity index is 1.80. The summed E-state index contributed by atoms with van der Waals surface area (Å²) in [7, 11) is 0. The van der Waals surface area contributed by atoms with Gasteiger partial charge in [-0.1, -0.05) is 13.3 Å². The molecule has 2 fully saturated rings. The quantitative estimate of drug-likeness (QED) is 0.568. The van der Waals surface area contributed by atoms with E-state index in [1.807, 2.05) is 0 Å². The first-order valence-corrected chi connectivity index (χ1v) is 4.63. The summed E-state index contributed by atoms with van der Waals surface area (Å²) in [6.45, 7) is 3.35. The van der Waals surface area contributed by atoms with Crippen molar-refractivity contribution in [3.63, 3.8) is 0 Å². The van der Waals surface area contributed by atoms with E-state index in [9.17, 15) is 4.79 Å². The number of carbonyl (C=O) groups excluding carboxylic acids is 1. The van der Waals surface area contributed by atoms with Crippen molar-refractivity contribution in [2.75, 3.05) is 6.54 Å². The van der Waals surface area contributed by atoms with Gasteiger partial charge in [0.15, 0.2) is 5.78 Å². The molecule has 0 bridgehead atoms. The fourth-order valence-electron chi connectivity index (χ4n) is 2.14. The summed E-state index contributed by atoms with van der Waals surface area (Å²) in [5, 5.41) is 0. The molecular weight excluding hydrogens is 138 g/mol. The first-order chi connectivity index (χ1) is 5.34. The fourth-order valence-corrected chi connectivity index (χ4v) is 2.14. The second kappa shape index (κ2) is 2.59. The molecule has 0 spiro atoms. The smallest absolute Gasteiger partial charge is 0.151 e. The number of hydrogen-bond donors (Lipinski definition) is 0. The highest BCUT2D eigenvalue weighted by Gasteiger charge is 2.55. The lowest BCUT2D eigenvalue weighted by molar-refractivity contribution is -0.118. The van der Waals surface area contributed by atoms with E-state index in [-0.39, 0.29) is 0 Å². The summed E-state index contributed by atoms with van der Waals surface area (Å²) in [4.78, 5) is 13.5. The molecule has 0 N–H and O–H groups in total. The molecule has 0 aromatic rings. The van der Waals surface area contributed by atoms with Gasteiger partial charge >= 0.3 is 0 Å². The normalized spacial score (nSPS) is 40.8. The van der Waals surface area contributed by atoms with Crippen LogP contribution in [0.5, 0.6) is 0 Å². The van der Waals surface area contributed by atoms with E-state index in [4.69, 9.17) is 0 Å². The van der Waals surface area contributed by atoms with E-state index in [1.54, 1.807) is 0 Å². The molecule has 1 aliphatic carbocycles. The average Bonchev–Trinajstić information content (AvgIpc) is 2.58. The van der Waals surface area contributed by atoms with Crippen LogP contribution in [0.3, 0.4) is 0 Å². The van der Waals surface area contributed by atoms with Gasteiger partial charge in [-0.15, -0.1) is 0 Å². The zero-order valence-corrected chi connectivity index (χ0v) is 7.05. The average molecular weight is 153 g/mol. The van der Waals surface area contributed by atoms with Gasteiger partial charge in [0, 0.05) is 12.5 Å². The maximum absolute atomic E-state index is 11.1. The van der Waals surface area contributed by atoms with Crippen molar-refractivity contribution >= 4 is 5.78 Å². The van der Waals surface area contributed by atoms with Crippen LogP contribution in [0, 0.1) is 0 Å². The Morgan fingerprint density at radius 2 is 2.45 bits per heavy atom. The Kier molecular flexibility index (Phi) is 1.72. The summed E-state index contributed by atoms with van der Waals surface area (Å²) >= 11 is 0. The molecular formula is C9H15NO. The Morgan fingerprint density at radius 3 is 3.00 bits per heavy atom. The standard InChI is InChI=1S/C9H15NO/c1-2-3-6-10-7-4-5-8(11)9(7)10/h7,9H,2-6H2,1H3. The molecule has 0 aromatic carbocycles. The van der Waals surface area contributed by atoms with Gasteiger partial charge < -0.3 is 0 Å². The van der Waals surface area contributed by atoms with Crippen molar-refractivity contribution in [1.82, 2.24) is 4.90 Å². The number of rotatable bonds is 3. The van der Waals surface area contributed by atoms with Gasteiger partial charge in [-0.3, -0.25) is 9.69 Å². The van der Waals surface area contributed by atoms with Gasteiger partial charge in [0.1, 0.15) is 0 Å². The third kappa shape index (κ3) is 1.09. The number of fused-ring (bicyclic) bond motifs is 1. The lowest BCUT2D eigenvalue weighted by Gasteiger charge is -2.04. The van der Waals surface area contributed by atoms with E-state index in [2.05, 4.69) is 11.8 Å². The second-order valence-corrected chi connectivity index (χ2v) is 3.61. The highest BCUT2D eigenvalue weighted by molar-refractivity contribution is 5.90. The van der Waals surface area contributed by atoms with Crippen LogP contribution in [0.25, 0.3) is 0 Å². The zero-order valence-electron chi connectivity index (χ0n) is 7.05. The Morgan fingerprint density at radius 1 is 1.64 bits per heavy atom. The summed E-state index contributed by atoms with van der Waals surface area (Å²) < 4.78 is 0. The maximum Gasteiger partial charge on any atom is 0.151 e. The minimum atomic E-state index is 0.363. The SMILES string of the molecule is CCCCN1C2CCC(=O)C21. The van der Waals surface area contributed by atoms with Gasteiger partial charge in [0.25, 0.3) is 0 Å². The van der Waals surface area contributed by atoms with Crippen molar-refractivity contribution in [2.45, 2.75) is 44.7 Å². The summed E-state index contributed by atoms with van der Waals surface area (Å²) in [5.74, 6) is 0.492. The van der Waals surface area contributed by atoms with Crippen LogP contribution in [0.15, 0.2) is 0 Å². The molecule has 3 atom stereocenters. The van der Waals surface area contributed by atoms with Crippen molar-refractivity contribution in [1.29, 1.82) is 0 Å². The van der Waals surface area contributed by atoms with Crippen LogP contribution in [0.4, 0.5) is 0 Å². The van der Waals surface area contributed by atoms with Crippen LogP contribution in [-0.4, -0.2) is 29.3 Å². The van der Waals surface area contributed by atoms with Gasteiger partial charge in [-0.05, 0) is 19.4 Å². The number of likely N-dealkylation sites (tertiary alicyclic amines) is 1. The largest absolute Gasteiger partial charge is 0.298 e. The van der Waals surface area contributed by atoms with E-state index in [0.29, 0.717) is 17.9 Å². The third-order valence-corrected chi connectivity index (χ3v) is 2.84. The number of ketones is 1. The van der Waals surface area contributed by atoms with E-state index < -0.39 is 0 Å². The summed E-state index contributed by atoms with van der Waals surface area (Å²) in [5.41, 5.74) is 0. The molecule has 62 valence electrons. The van der Waals surface area contributed by atoms with Crippen LogP contribution in [0.1, 0.15) is 32.6 Å². The second-order valence-electron chi connectivity index (χ2n) is 3.61. The molecule has 1 saturated heterocycles. The molecule has 1 heterocycles. The van der Waals surface area contributed by atoms with Gasteiger partial charge in [0.05, 0.1) is 6.04 Å². The Hall–Kier alpha value is -0.370. The Bertz CT molecular complexity index is 178. The number of carbonyl (C=O) groups is 1. The molecule has 0 radical (unpaired) electrons. The van der Waals surface area contributed by atoms with E-state index in [0.717, 1.165) is 19.4 Å². The van der Waals surface area contributed by atoms with Gasteiger partial charge in [-0.2, -0.15) is 0 Å². The molecule has 2 nitrogen and oxygen atoms in total.